The lowest BCUT2D eigenvalue weighted by atomic mass is 9.77. The maximum atomic E-state index is 11.7. The molecule has 0 aromatic carbocycles. The molecule has 2 saturated heterocycles. The van der Waals surface area contributed by atoms with Crippen LogP contribution in [0.2, 0.25) is 0 Å². The van der Waals surface area contributed by atoms with Crippen LogP contribution in [-0.2, 0) is 20.8 Å². The van der Waals surface area contributed by atoms with Crippen LogP contribution in [0.4, 0.5) is 0 Å². The van der Waals surface area contributed by atoms with Gasteiger partial charge in [0.25, 0.3) is 0 Å². The number of piperidine rings is 1. The molecular weight excluding hydrogens is 312 g/mol. The minimum absolute atomic E-state index is 0.0168. The summed E-state index contributed by atoms with van der Waals surface area (Å²) in [5.41, 5.74) is 0.0438. The zero-order chi connectivity index (χ0) is 16.3. The molecular formula is C17H26N2O3S. The summed E-state index contributed by atoms with van der Waals surface area (Å²) in [5, 5.41) is 2.13. The molecule has 2 aliphatic heterocycles. The minimum Gasteiger partial charge on any atom is -0.377 e. The van der Waals surface area contributed by atoms with E-state index >= 15 is 0 Å². The molecule has 2 atom stereocenters. The third-order valence-electron chi connectivity index (χ3n) is 4.92. The molecule has 0 spiro atoms. The number of rotatable bonds is 6. The number of amides is 1. The third kappa shape index (κ3) is 3.94. The second-order valence-corrected chi connectivity index (χ2v) is 7.86. The van der Waals surface area contributed by atoms with Crippen molar-refractivity contribution < 1.29 is 14.3 Å². The maximum Gasteiger partial charge on any atom is 0.248 e. The van der Waals surface area contributed by atoms with E-state index < -0.39 is 0 Å². The molecule has 0 radical (unpaired) electrons. The summed E-state index contributed by atoms with van der Waals surface area (Å²) >= 11 is 1.81. The number of likely N-dealkylation sites (N-methyl/N-ethyl adjacent to an activating group) is 1. The number of thiophene rings is 1. The van der Waals surface area contributed by atoms with Crippen LogP contribution in [0.5, 0.6) is 0 Å². The first-order valence-electron chi connectivity index (χ1n) is 8.23. The predicted molar refractivity (Wildman–Crippen MR) is 90.5 cm³/mol. The quantitative estimate of drug-likeness (QED) is 0.794. The number of hydrogen-bond donors (Lipinski definition) is 0. The van der Waals surface area contributed by atoms with E-state index in [4.69, 9.17) is 9.47 Å². The van der Waals surface area contributed by atoms with Crippen molar-refractivity contribution in [2.24, 2.45) is 5.41 Å². The van der Waals surface area contributed by atoms with E-state index in [1.807, 2.05) is 11.3 Å². The Kier molecular flexibility index (Phi) is 5.36. The van der Waals surface area contributed by atoms with Gasteiger partial charge >= 0.3 is 0 Å². The van der Waals surface area contributed by atoms with Crippen LogP contribution in [0.1, 0.15) is 17.7 Å². The summed E-state index contributed by atoms with van der Waals surface area (Å²) in [5.74, 6) is 0.0168. The largest absolute Gasteiger partial charge is 0.377 e. The molecule has 1 aromatic heterocycles. The van der Waals surface area contributed by atoms with Gasteiger partial charge in [-0.15, -0.1) is 11.3 Å². The summed E-state index contributed by atoms with van der Waals surface area (Å²) in [6, 6.07) is 4.30. The first kappa shape index (κ1) is 16.9. The fourth-order valence-corrected chi connectivity index (χ4v) is 4.32. The van der Waals surface area contributed by atoms with Gasteiger partial charge in [-0.1, -0.05) is 6.07 Å². The van der Waals surface area contributed by atoms with E-state index in [0.29, 0.717) is 6.61 Å². The lowest BCUT2D eigenvalue weighted by Gasteiger charge is -2.43. The molecule has 3 rings (SSSR count). The van der Waals surface area contributed by atoms with Crippen molar-refractivity contribution in [2.75, 3.05) is 47.0 Å². The smallest absolute Gasteiger partial charge is 0.248 e. The first-order valence-corrected chi connectivity index (χ1v) is 9.11. The Bertz CT molecular complexity index is 520. The maximum absolute atomic E-state index is 11.7. The topological polar surface area (TPSA) is 42.0 Å². The van der Waals surface area contributed by atoms with Gasteiger partial charge in [-0.2, -0.15) is 0 Å². The van der Waals surface area contributed by atoms with E-state index in [2.05, 4.69) is 22.4 Å². The third-order valence-corrected chi connectivity index (χ3v) is 5.78. The van der Waals surface area contributed by atoms with Crippen LogP contribution in [0.25, 0.3) is 0 Å². The summed E-state index contributed by atoms with van der Waals surface area (Å²) in [7, 11) is 3.52. The Balaban J connectivity index is 1.58. The Morgan fingerprint density at radius 3 is 3.17 bits per heavy atom. The van der Waals surface area contributed by atoms with E-state index in [1.165, 1.54) is 4.88 Å². The van der Waals surface area contributed by atoms with Crippen LogP contribution < -0.4 is 0 Å². The van der Waals surface area contributed by atoms with Crippen molar-refractivity contribution in [3.8, 4) is 0 Å². The average Bonchev–Trinajstić information content (AvgIpc) is 3.16. The highest BCUT2D eigenvalue weighted by Gasteiger charge is 2.48. The standard InChI is InChI=1S/C17H26N2O3S/c1-18(2)16(20)11-21-13-17-6-8-22-15(17)5-7-19(12-17)10-14-4-3-9-23-14/h3-4,9,15H,5-8,10-13H2,1-2H3/t15-,17+/m0/s1. The van der Waals surface area contributed by atoms with Crippen molar-refractivity contribution in [1.29, 1.82) is 0 Å². The highest BCUT2D eigenvalue weighted by atomic mass is 32.1. The van der Waals surface area contributed by atoms with Crippen LogP contribution in [-0.4, -0.2) is 68.8 Å². The SMILES string of the molecule is CN(C)C(=O)COC[C@]12CCO[C@H]1CCN(Cc1cccs1)C2. The van der Waals surface area contributed by atoms with Crippen molar-refractivity contribution in [2.45, 2.75) is 25.5 Å². The Morgan fingerprint density at radius 2 is 2.43 bits per heavy atom. The fraction of sp³-hybridized carbons (Fsp3) is 0.706. The Labute approximate surface area is 142 Å². The molecule has 0 saturated carbocycles. The lowest BCUT2D eigenvalue weighted by molar-refractivity contribution is -0.136. The van der Waals surface area contributed by atoms with Gasteiger partial charge in [0.15, 0.2) is 0 Å². The molecule has 0 aliphatic carbocycles. The monoisotopic (exact) mass is 338 g/mol. The molecule has 6 heteroatoms. The zero-order valence-corrected chi connectivity index (χ0v) is 14.8. The Morgan fingerprint density at radius 1 is 1.57 bits per heavy atom. The molecule has 2 aliphatic rings. The normalized spacial score (nSPS) is 27.8. The fourth-order valence-electron chi connectivity index (χ4n) is 3.58. The number of carbonyl (C=O) groups excluding carboxylic acids is 1. The number of carbonyl (C=O) groups is 1. The van der Waals surface area contributed by atoms with E-state index in [1.54, 1.807) is 19.0 Å². The van der Waals surface area contributed by atoms with Gasteiger partial charge in [-0.05, 0) is 24.3 Å². The second-order valence-electron chi connectivity index (χ2n) is 6.83. The van der Waals surface area contributed by atoms with Crippen LogP contribution in [0, 0.1) is 5.41 Å². The van der Waals surface area contributed by atoms with Gasteiger partial charge in [0.1, 0.15) is 6.61 Å². The van der Waals surface area contributed by atoms with Crippen molar-refractivity contribution in [3.63, 3.8) is 0 Å². The van der Waals surface area contributed by atoms with Gasteiger partial charge in [0.2, 0.25) is 5.91 Å². The van der Waals surface area contributed by atoms with Crippen molar-refractivity contribution in [3.05, 3.63) is 22.4 Å². The molecule has 1 aromatic rings. The first-order chi connectivity index (χ1) is 11.1. The highest BCUT2D eigenvalue weighted by molar-refractivity contribution is 7.09. The zero-order valence-electron chi connectivity index (χ0n) is 14.0. The van der Waals surface area contributed by atoms with Crippen LogP contribution in [0.15, 0.2) is 17.5 Å². The molecule has 3 heterocycles. The lowest BCUT2D eigenvalue weighted by Crippen LogP contribution is -2.51. The van der Waals surface area contributed by atoms with Crippen LogP contribution in [0.3, 0.4) is 0 Å². The summed E-state index contributed by atoms with van der Waals surface area (Å²) in [4.78, 5) is 17.2. The van der Waals surface area contributed by atoms with Crippen LogP contribution >= 0.6 is 11.3 Å². The van der Waals surface area contributed by atoms with E-state index in [9.17, 15) is 4.79 Å². The predicted octanol–water partition coefficient (Wildman–Crippen LogP) is 1.83. The number of nitrogens with zero attached hydrogens (tertiary/aromatic N) is 2. The van der Waals surface area contributed by atoms with E-state index in [-0.39, 0.29) is 24.0 Å². The van der Waals surface area contributed by atoms with Gasteiger partial charge in [0.05, 0.1) is 12.7 Å². The van der Waals surface area contributed by atoms with Gasteiger partial charge in [-0.25, -0.2) is 0 Å². The van der Waals surface area contributed by atoms with Gasteiger partial charge in [0, 0.05) is 50.6 Å². The molecule has 1 amide bonds. The van der Waals surface area contributed by atoms with Gasteiger partial charge in [-0.3, -0.25) is 9.69 Å². The number of hydrogen-bond acceptors (Lipinski definition) is 5. The average molecular weight is 338 g/mol. The number of ether oxygens (including phenoxy) is 2. The van der Waals surface area contributed by atoms with E-state index in [0.717, 1.165) is 39.1 Å². The van der Waals surface area contributed by atoms with Crippen molar-refractivity contribution >= 4 is 17.2 Å². The second kappa shape index (κ2) is 7.30. The number of fused-ring (bicyclic) bond motifs is 1. The minimum atomic E-state index is 0.0168. The molecule has 23 heavy (non-hydrogen) atoms. The molecule has 0 N–H and O–H groups in total. The van der Waals surface area contributed by atoms with Crippen molar-refractivity contribution in [1.82, 2.24) is 9.80 Å². The highest BCUT2D eigenvalue weighted by Crippen LogP contribution is 2.41. The molecule has 0 bridgehead atoms. The Hall–Kier alpha value is -0.950. The molecule has 0 unspecified atom stereocenters. The van der Waals surface area contributed by atoms with Gasteiger partial charge < -0.3 is 14.4 Å². The summed E-state index contributed by atoms with van der Waals surface area (Å²) in [6.45, 7) is 4.64. The molecule has 2 fully saturated rings. The number of likely N-dealkylation sites (tertiary alicyclic amines) is 1. The molecule has 128 valence electrons. The summed E-state index contributed by atoms with van der Waals surface area (Å²) in [6.07, 6.45) is 2.35. The summed E-state index contributed by atoms with van der Waals surface area (Å²) < 4.78 is 11.7. The molecule has 5 nitrogen and oxygen atoms in total.